The summed E-state index contributed by atoms with van der Waals surface area (Å²) in [5, 5.41) is 13.9. The molecule has 22 heavy (non-hydrogen) atoms. The molecule has 0 saturated carbocycles. The monoisotopic (exact) mass is 300 g/mol. The number of carbonyl (C=O) groups excluding carboxylic acids is 1. The van der Waals surface area contributed by atoms with E-state index in [9.17, 15) is 9.59 Å². The van der Waals surface area contributed by atoms with Crippen molar-refractivity contribution in [1.82, 2.24) is 5.32 Å². The number of nitrogens with one attached hydrogen (secondary N) is 2. The van der Waals surface area contributed by atoms with Gasteiger partial charge in [-0.15, -0.1) is 0 Å². The van der Waals surface area contributed by atoms with E-state index in [1.807, 2.05) is 18.2 Å². The molecular formula is C16H16N2O4. The van der Waals surface area contributed by atoms with Crippen LogP contribution in [0.25, 0.3) is 0 Å². The van der Waals surface area contributed by atoms with Gasteiger partial charge in [-0.3, -0.25) is 4.79 Å². The number of para-hydroxylation sites is 1. The van der Waals surface area contributed by atoms with Gasteiger partial charge in [0.25, 0.3) is 0 Å². The van der Waals surface area contributed by atoms with Gasteiger partial charge in [0.1, 0.15) is 5.75 Å². The molecule has 0 atom stereocenters. The first-order chi connectivity index (χ1) is 10.6. The highest BCUT2D eigenvalue weighted by atomic mass is 16.5. The van der Waals surface area contributed by atoms with Crippen molar-refractivity contribution >= 4 is 17.7 Å². The van der Waals surface area contributed by atoms with Gasteiger partial charge in [0, 0.05) is 5.69 Å². The van der Waals surface area contributed by atoms with E-state index in [2.05, 4.69) is 10.6 Å². The molecule has 0 aliphatic carbocycles. The van der Waals surface area contributed by atoms with Crippen LogP contribution in [0.5, 0.6) is 5.75 Å². The van der Waals surface area contributed by atoms with Crippen molar-refractivity contribution in [3.63, 3.8) is 0 Å². The van der Waals surface area contributed by atoms with Crippen molar-refractivity contribution in [3.05, 3.63) is 60.2 Å². The van der Waals surface area contributed by atoms with Gasteiger partial charge in [-0.25, -0.2) is 4.79 Å². The molecule has 0 bridgehead atoms. The van der Waals surface area contributed by atoms with E-state index in [-0.39, 0.29) is 13.2 Å². The van der Waals surface area contributed by atoms with E-state index in [4.69, 9.17) is 9.84 Å². The van der Waals surface area contributed by atoms with Gasteiger partial charge in [0.2, 0.25) is 0 Å². The lowest BCUT2D eigenvalue weighted by molar-refractivity contribution is -0.136. The van der Waals surface area contributed by atoms with E-state index < -0.39 is 12.0 Å². The predicted molar refractivity (Wildman–Crippen MR) is 81.9 cm³/mol. The van der Waals surface area contributed by atoms with Crippen LogP contribution in [0.2, 0.25) is 0 Å². The zero-order chi connectivity index (χ0) is 15.8. The number of carboxylic acid groups (broad SMARTS) is 1. The zero-order valence-corrected chi connectivity index (χ0v) is 11.8. The molecule has 2 aromatic rings. The lowest BCUT2D eigenvalue weighted by Gasteiger charge is -2.09. The number of carbonyl (C=O) groups is 2. The molecule has 0 aromatic heterocycles. The summed E-state index contributed by atoms with van der Waals surface area (Å²) < 4.78 is 5.34. The second-order valence-electron chi connectivity index (χ2n) is 4.50. The number of benzene rings is 2. The lowest BCUT2D eigenvalue weighted by Crippen LogP contribution is -2.31. The summed E-state index contributed by atoms with van der Waals surface area (Å²) in [5.74, 6) is -0.225. The second-order valence-corrected chi connectivity index (χ2v) is 4.50. The van der Waals surface area contributed by atoms with Gasteiger partial charge >= 0.3 is 12.0 Å². The fraction of sp³-hybridized carbons (Fsp3) is 0.125. The summed E-state index contributed by atoms with van der Waals surface area (Å²) in [7, 11) is 0. The minimum absolute atomic E-state index is 0.0443. The highest BCUT2D eigenvalue weighted by Gasteiger charge is 2.03. The number of hydrogen-bond donors (Lipinski definition) is 3. The highest BCUT2D eigenvalue weighted by molar-refractivity contribution is 5.89. The molecular weight excluding hydrogens is 284 g/mol. The van der Waals surface area contributed by atoms with Crippen molar-refractivity contribution < 1.29 is 19.4 Å². The first-order valence-corrected chi connectivity index (χ1v) is 6.67. The molecule has 0 saturated heterocycles. The Morgan fingerprint density at radius 1 is 1.00 bits per heavy atom. The molecule has 2 rings (SSSR count). The number of amides is 2. The third-order valence-electron chi connectivity index (χ3n) is 2.78. The number of ether oxygens (including phenoxy) is 1. The Bertz CT molecular complexity index is 626. The summed E-state index contributed by atoms with van der Waals surface area (Å²) in [4.78, 5) is 22.2. The molecule has 0 heterocycles. The number of urea groups is 1. The third kappa shape index (κ3) is 5.16. The molecule has 2 amide bonds. The van der Waals surface area contributed by atoms with Gasteiger partial charge in [-0.1, -0.05) is 30.3 Å². The molecule has 0 fully saturated rings. The normalized spacial score (nSPS) is 9.82. The van der Waals surface area contributed by atoms with Gasteiger partial charge < -0.3 is 20.5 Å². The van der Waals surface area contributed by atoms with Crippen molar-refractivity contribution in [2.45, 2.75) is 6.42 Å². The van der Waals surface area contributed by atoms with Crippen molar-refractivity contribution in [3.8, 4) is 5.75 Å². The Morgan fingerprint density at radius 2 is 1.68 bits per heavy atom. The molecule has 0 spiro atoms. The van der Waals surface area contributed by atoms with E-state index in [0.717, 1.165) is 0 Å². The van der Waals surface area contributed by atoms with Crippen LogP contribution in [-0.4, -0.2) is 23.8 Å². The average molecular weight is 300 g/mol. The van der Waals surface area contributed by atoms with Crippen LogP contribution in [0.4, 0.5) is 10.5 Å². The van der Waals surface area contributed by atoms with Crippen LogP contribution in [0.3, 0.4) is 0 Å². The van der Waals surface area contributed by atoms with Crippen LogP contribution in [0.1, 0.15) is 5.56 Å². The Morgan fingerprint density at radius 3 is 2.32 bits per heavy atom. The molecule has 6 heteroatoms. The van der Waals surface area contributed by atoms with E-state index in [0.29, 0.717) is 17.0 Å². The van der Waals surface area contributed by atoms with Gasteiger partial charge in [0.05, 0.1) is 6.42 Å². The van der Waals surface area contributed by atoms with Gasteiger partial charge in [-0.2, -0.15) is 0 Å². The SMILES string of the molecule is O=C(O)Cc1ccc(NC(=O)NCOc2ccccc2)cc1. The molecule has 6 nitrogen and oxygen atoms in total. The van der Waals surface area contributed by atoms with Gasteiger partial charge in [-0.05, 0) is 29.8 Å². The molecule has 0 unspecified atom stereocenters. The molecule has 2 aromatic carbocycles. The number of hydrogen-bond acceptors (Lipinski definition) is 3. The first kappa shape index (κ1) is 15.4. The average Bonchev–Trinajstić information content (AvgIpc) is 2.50. The Labute approximate surface area is 127 Å². The number of rotatable bonds is 6. The summed E-state index contributed by atoms with van der Waals surface area (Å²) in [6.07, 6.45) is -0.0443. The Hall–Kier alpha value is -3.02. The minimum atomic E-state index is -0.892. The summed E-state index contributed by atoms with van der Waals surface area (Å²) in [5.41, 5.74) is 1.25. The maximum Gasteiger partial charge on any atom is 0.321 e. The molecule has 114 valence electrons. The van der Waals surface area contributed by atoms with Gasteiger partial charge in [0.15, 0.2) is 6.73 Å². The van der Waals surface area contributed by atoms with Crippen LogP contribution >= 0.6 is 0 Å². The zero-order valence-electron chi connectivity index (χ0n) is 11.8. The Kier molecular flexibility index (Phi) is 5.37. The van der Waals surface area contributed by atoms with E-state index in [1.54, 1.807) is 36.4 Å². The summed E-state index contributed by atoms with van der Waals surface area (Å²) >= 11 is 0. The minimum Gasteiger partial charge on any atom is -0.481 e. The first-order valence-electron chi connectivity index (χ1n) is 6.67. The highest BCUT2D eigenvalue weighted by Crippen LogP contribution is 2.10. The summed E-state index contributed by atoms with van der Waals surface area (Å²) in [6, 6.07) is 15.4. The fourth-order valence-corrected chi connectivity index (χ4v) is 1.76. The van der Waals surface area contributed by atoms with Crippen LogP contribution in [0.15, 0.2) is 54.6 Å². The largest absolute Gasteiger partial charge is 0.481 e. The molecule has 0 radical (unpaired) electrons. The van der Waals surface area contributed by atoms with Crippen molar-refractivity contribution in [1.29, 1.82) is 0 Å². The van der Waals surface area contributed by atoms with Crippen molar-refractivity contribution in [2.24, 2.45) is 0 Å². The maximum absolute atomic E-state index is 11.7. The lowest BCUT2D eigenvalue weighted by atomic mass is 10.1. The topological polar surface area (TPSA) is 87.7 Å². The number of aliphatic carboxylic acids is 1. The smallest absolute Gasteiger partial charge is 0.321 e. The number of anilines is 1. The fourth-order valence-electron chi connectivity index (χ4n) is 1.76. The second kappa shape index (κ2) is 7.68. The van der Waals surface area contributed by atoms with E-state index >= 15 is 0 Å². The Balaban J connectivity index is 1.75. The predicted octanol–water partition coefficient (Wildman–Crippen LogP) is 2.47. The maximum atomic E-state index is 11.7. The molecule has 0 aliphatic heterocycles. The third-order valence-corrected chi connectivity index (χ3v) is 2.78. The molecule has 3 N–H and O–H groups in total. The number of carboxylic acids is 1. The summed E-state index contributed by atoms with van der Waals surface area (Å²) in [6.45, 7) is 0.0486. The van der Waals surface area contributed by atoms with Crippen LogP contribution < -0.4 is 15.4 Å². The molecule has 0 aliphatic rings. The van der Waals surface area contributed by atoms with Crippen molar-refractivity contribution in [2.75, 3.05) is 12.0 Å². The van der Waals surface area contributed by atoms with Crippen LogP contribution in [0, 0.1) is 0 Å². The van der Waals surface area contributed by atoms with E-state index in [1.165, 1.54) is 0 Å². The quantitative estimate of drug-likeness (QED) is 0.715. The van der Waals surface area contributed by atoms with Crippen LogP contribution in [-0.2, 0) is 11.2 Å². The standard InChI is InChI=1S/C16H16N2O4/c19-15(20)10-12-6-8-13(9-7-12)18-16(21)17-11-22-14-4-2-1-3-5-14/h1-9H,10-11H2,(H,19,20)(H2,17,18,21).